The summed E-state index contributed by atoms with van der Waals surface area (Å²) in [6.07, 6.45) is 1.34. The van der Waals surface area contributed by atoms with Crippen LogP contribution in [0.5, 0.6) is 11.5 Å². The van der Waals surface area contributed by atoms with Crippen LogP contribution in [0.3, 0.4) is 0 Å². The summed E-state index contributed by atoms with van der Waals surface area (Å²) in [4.78, 5) is 50.3. The zero-order chi connectivity index (χ0) is 26.2. The molecule has 1 saturated heterocycles. The Morgan fingerprint density at radius 1 is 0.972 bits per heavy atom. The monoisotopic (exact) mass is 497 g/mol. The summed E-state index contributed by atoms with van der Waals surface area (Å²) in [5, 5.41) is 3.90. The molecule has 0 radical (unpaired) electrons. The predicted octanol–water partition coefficient (Wildman–Crippen LogP) is 2.50. The Hall–Kier alpha value is -4.08. The van der Waals surface area contributed by atoms with Crippen LogP contribution in [0.2, 0.25) is 0 Å². The zero-order valence-electron chi connectivity index (χ0n) is 20.9. The topological polar surface area (TPSA) is 123 Å². The minimum atomic E-state index is -0.820. The second-order valence-electron chi connectivity index (χ2n) is 8.20. The zero-order valence-corrected chi connectivity index (χ0v) is 20.9. The summed E-state index contributed by atoms with van der Waals surface area (Å²) in [7, 11) is 2.83. The van der Waals surface area contributed by atoms with Gasteiger partial charge in [0.15, 0.2) is 6.61 Å². The Labute approximate surface area is 209 Å². The minimum absolute atomic E-state index is 0.0822. The summed E-state index contributed by atoms with van der Waals surface area (Å²) < 4.78 is 15.6. The maximum absolute atomic E-state index is 12.8. The van der Waals surface area contributed by atoms with Crippen LogP contribution in [0.1, 0.15) is 41.8 Å². The van der Waals surface area contributed by atoms with Crippen molar-refractivity contribution in [2.45, 2.75) is 33.1 Å². The second-order valence-corrected chi connectivity index (χ2v) is 8.20. The van der Waals surface area contributed by atoms with Gasteiger partial charge in [-0.15, -0.1) is 0 Å². The van der Waals surface area contributed by atoms with Gasteiger partial charge in [0.25, 0.3) is 11.8 Å². The lowest BCUT2D eigenvalue weighted by atomic mass is 10.0. The van der Waals surface area contributed by atoms with Crippen molar-refractivity contribution in [1.82, 2.24) is 10.4 Å². The lowest BCUT2D eigenvalue weighted by molar-refractivity contribution is -0.151. The molecule has 1 fully saturated rings. The van der Waals surface area contributed by atoms with Crippen molar-refractivity contribution in [2.24, 2.45) is 5.92 Å². The highest BCUT2D eigenvalue weighted by Crippen LogP contribution is 2.29. The van der Waals surface area contributed by atoms with Crippen LogP contribution in [0.15, 0.2) is 36.4 Å². The number of hydrazine groups is 1. The van der Waals surface area contributed by atoms with Crippen LogP contribution in [-0.2, 0) is 32.0 Å². The summed E-state index contributed by atoms with van der Waals surface area (Å²) in [6, 6.07) is 10.7. The van der Waals surface area contributed by atoms with Crippen molar-refractivity contribution in [3.8, 4) is 11.5 Å². The molecule has 2 aromatic carbocycles. The predicted molar refractivity (Wildman–Crippen MR) is 132 cm³/mol. The number of nitrogens with one attached hydrogen (secondary N) is 2. The molecule has 36 heavy (non-hydrogen) atoms. The first kappa shape index (κ1) is 26.5. The average Bonchev–Trinajstić information content (AvgIpc) is 3.26. The number of carbonyl (C=O) groups is 4. The van der Waals surface area contributed by atoms with Gasteiger partial charge in [-0.25, -0.2) is 0 Å². The third kappa shape index (κ3) is 5.94. The van der Waals surface area contributed by atoms with Crippen LogP contribution < -0.4 is 20.2 Å². The molecule has 10 heteroatoms. The smallest absolute Gasteiger partial charge is 0.311 e. The Morgan fingerprint density at radius 3 is 2.11 bits per heavy atom. The minimum Gasteiger partial charge on any atom is -0.496 e. The highest BCUT2D eigenvalue weighted by molar-refractivity contribution is 6.01. The highest BCUT2D eigenvalue weighted by atomic mass is 16.5. The molecule has 1 heterocycles. The maximum Gasteiger partial charge on any atom is 0.311 e. The van der Waals surface area contributed by atoms with Crippen LogP contribution in [0.4, 0.5) is 5.69 Å². The standard InChI is InChI=1S/C26H31N3O7/c1-5-16-9-7-10-17(6-2)24(16)27-21(30)15-36-26(33)18-13-22(31)29(14-18)28-25(32)23-19(34-3)11-8-12-20(23)35-4/h7-12,18H,5-6,13-15H2,1-4H3,(H,27,30)(H,28,32)/t18-/m1/s1. The number of methoxy groups -OCH3 is 2. The maximum atomic E-state index is 12.8. The molecule has 3 rings (SSSR count). The van der Waals surface area contributed by atoms with Crippen molar-refractivity contribution >= 4 is 29.4 Å². The Balaban J connectivity index is 1.58. The number of nitrogens with zero attached hydrogens (tertiary/aromatic N) is 1. The van der Waals surface area contributed by atoms with Crippen LogP contribution in [0.25, 0.3) is 0 Å². The van der Waals surface area contributed by atoms with Crippen molar-refractivity contribution in [1.29, 1.82) is 0 Å². The molecule has 2 aromatic rings. The number of aryl methyl sites for hydroxylation is 2. The normalized spacial score (nSPS) is 14.8. The Bertz CT molecular complexity index is 1100. The molecule has 10 nitrogen and oxygen atoms in total. The number of ether oxygens (including phenoxy) is 3. The van der Waals surface area contributed by atoms with Crippen molar-refractivity contribution in [3.05, 3.63) is 53.1 Å². The van der Waals surface area contributed by atoms with Crippen LogP contribution in [0, 0.1) is 5.92 Å². The lowest BCUT2D eigenvalue weighted by Crippen LogP contribution is -2.43. The van der Waals surface area contributed by atoms with E-state index in [4.69, 9.17) is 14.2 Å². The number of hydrogen-bond donors (Lipinski definition) is 2. The van der Waals surface area contributed by atoms with Crippen molar-refractivity contribution in [3.63, 3.8) is 0 Å². The number of esters is 1. The molecule has 1 aliphatic heterocycles. The van der Waals surface area contributed by atoms with Gasteiger partial charge >= 0.3 is 5.97 Å². The van der Waals surface area contributed by atoms with E-state index in [1.54, 1.807) is 18.2 Å². The summed E-state index contributed by atoms with van der Waals surface area (Å²) in [6.45, 7) is 3.43. The van der Waals surface area contributed by atoms with Gasteiger partial charge < -0.3 is 19.5 Å². The number of carbonyl (C=O) groups excluding carboxylic acids is 4. The fraction of sp³-hybridized carbons (Fsp3) is 0.385. The Kier molecular flexibility index (Phi) is 8.88. The first-order valence-electron chi connectivity index (χ1n) is 11.7. The van der Waals surface area contributed by atoms with E-state index in [1.807, 2.05) is 32.0 Å². The number of para-hydroxylation sites is 1. The van der Waals surface area contributed by atoms with E-state index in [-0.39, 0.29) is 30.0 Å². The summed E-state index contributed by atoms with van der Waals surface area (Å²) >= 11 is 0. The molecule has 0 aliphatic carbocycles. The van der Waals surface area contributed by atoms with E-state index >= 15 is 0 Å². The number of amides is 3. The molecule has 3 amide bonds. The number of benzene rings is 2. The van der Waals surface area contributed by atoms with Gasteiger partial charge in [0.05, 0.1) is 26.7 Å². The first-order valence-corrected chi connectivity index (χ1v) is 11.7. The Morgan fingerprint density at radius 2 is 1.56 bits per heavy atom. The molecule has 0 saturated carbocycles. The number of hydrogen-bond acceptors (Lipinski definition) is 7. The molecule has 1 atom stereocenters. The highest BCUT2D eigenvalue weighted by Gasteiger charge is 2.37. The van der Waals surface area contributed by atoms with E-state index < -0.39 is 36.2 Å². The summed E-state index contributed by atoms with van der Waals surface area (Å²) in [5.74, 6) is -2.49. The molecule has 0 bridgehead atoms. The molecule has 0 unspecified atom stereocenters. The van der Waals surface area contributed by atoms with Crippen molar-refractivity contribution in [2.75, 3.05) is 32.7 Å². The van der Waals surface area contributed by atoms with Gasteiger partial charge in [0.1, 0.15) is 17.1 Å². The SMILES string of the molecule is CCc1cccc(CC)c1NC(=O)COC(=O)[C@@H]1CC(=O)N(NC(=O)c2c(OC)cccc2OC)C1. The van der Waals surface area contributed by atoms with E-state index in [2.05, 4.69) is 10.7 Å². The molecule has 2 N–H and O–H groups in total. The number of anilines is 1. The van der Waals surface area contributed by atoms with E-state index in [1.165, 1.54) is 14.2 Å². The fourth-order valence-electron chi connectivity index (χ4n) is 4.06. The average molecular weight is 498 g/mol. The van der Waals surface area contributed by atoms with Gasteiger partial charge in [-0.05, 0) is 36.1 Å². The van der Waals surface area contributed by atoms with Gasteiger partial charge in [0.2, 0.25) is 5.91 Å². The first-order chi connectivity index (χ1) is 17.3. The fourth-order valence-corrected chi connectivity index (χ4v) is 4.06. The molecule has 0 aromatic heterocycles. The van der Waals surface area contributed by atoms with Crippen LogP contribution >= 0.6 is 0 Å². The molecule has 1 aliphatic rings. The van der Waals surface area contributed by atoms with Crippen LogP contribution in [-0.4, -0.2) is 56.1 Å². The van der Waals surface area contributed by atoms with E-state index in [0.29, 0.717) is 0 Å². The summed E-state index contributed by atoms with van der Waals surface area (Å²) in [5.41, 5.74) is 5.35. The molecule has 192 valence electrons. The molecular weight excluding hydrogens is 466 g/mol. The third-order valence-electron chi connectivity index (χ3n) is 5.96. The van der Waals surface area contributed by atoms with Gasteiger partial charge in [-0.3, -0.25) is 29.6 Å². The lowest BCUT2D eigenvalue weighted by Gasteiger charge is -2.19. The van der Waals surface area contributed by atoms with Gasteiger partial charge in [-0.2, -0.15) is 0 Å². The van der Waals surface area contributed by atoms with Crippen molar-refractivity contribution < 1.29 is 33.4 Å². The van der Waals surface area contributed by atoms with Gasteiger partial charge in [0, 0.05) is 12.1 Å². The largest absolute Gasteiger partial charge is 0.496 e. The van der Waals surface area contributed by atoms with Gasteiger partial charge in [-0.1, -0.05) is 38.1 Å². The third-order valence-corrected chi connectivity index (χ3v) is 5.96. The van der Waals surface area contributed by atoms with E-state index in [0.717, 1.165) is 34.7 Å². The molecule has 0 spiro atoms. The number of rotatable bonds is 10. The quantitative estimate of drug-likeness (QED) is 0.484. The second kappa shape index (κ2) is 12.1. The van der Waals surface area contributed by atoms with E-state index in [9.17, 15) is 19.2 Å². The molecular formula is C26H31N3O7.